The number of halogens is 1. The van der Waals surface area contributed by atoms with Gasteiger partial charge in [-0.15, -0.1) is 0 Å². The topological polar surface area (TPSA) is 39.2 Å². The average Bonchev–Trinajstić information content (AvgIpc) is 2.17. The molecule has 74 valence electrons. The van der Waals surface area contributed by atoms with Crippen molar-refractivity contribution in [3.8, 4) is 0 Å². The molecule has 0 spiro atoms. The molecule has 3 nitrogen and oxygen atoms in total. The van der Waals surface area contributed by atoms with Crippen LogP contribution in [0.25, 0.3) is 6.08 Å². The lowest BCUT2D eigenvalue weighted by Crippen LogP contribution is -1.98. The summed E-state index contributed by atoms with van der Waals surface area (Å²) in [7, 11) is 0. The number of rotatable bonds is 3. The monoisotopic (exact) mass is 211 g/mol. The number of hydrogen-bond donors (Lipinski definition) is 0. The Balaban J connectivity index is 2.60. The Hall–Kier alpha value is -1.35. The second kappa shape index (κ2) is 5.40. The molecule has 0 N–H and O–H groups in total. The Kier molecular flexibility index (Phi) is 4.13. The van der Waals surface area contributed by atoms with Gasteiger partial charge >= 0.3 is 5.97 Å². The van der Waals surface area contributed by atoms with E-state index in [0.717, 1.165) is 5.56 Å². The van der Waals surface area contributed by atoms with E-state index in [2.05, 4.69) is 4.98 Å². The molecular formula is C10H10ClNO2. The fraction of sp³-hybridized carbons (Fsp3) is 0.200. The maximum absolute atomic E-state index is 10.9. The van der Waals surface area contributed by atoms with Crippen LogP contribution in [0, 0.1) is 0 Å². The van der Waals surface area contributed by atoms with Gasteiger partial charge in [0.1, 0.15) is 5.15 Å². The quantitative estimate of drug-likeness (QED) is 0.438. The summed E-state index contributed by atoms with van der Waals surface area (Å²) in [6.07, 6.45) is 4.56. The summed E-state index contributed by atoms with van der Waals surface area (Å²) in [4.78, 5) is 14.8. The smallest absolute Gasteiger partial charge is 0.330 e. The van der Waals surface area contributed by atoms with E-state index in [0.29, 0.717) is 11.8 Å². The van der Waals surface area contributed by atoms with E-state index in [1.165, 1.54) is 6.08 Å². The maximum Gasteiger partial charge on any atom is 0.330 e. The molecular weight excluding hydrogens is 202 g/mol. The molecule has 0 amide bonds. The summed E-state index contributed by atoms with van der Waals surface area (Å²) in [5.74, 6) is -0.359. The molecule has 0 unspecified atom stereocenters. The van der Waals surface area contributed by atoms with E-state index in [1.807, 2.05) is 0 Å². The van der Waals surface area contributed by atoms with Gasteiger partial charge < -0.3 is 4.74 Å². The first-order valence-corrected chi connectivity index (χ1v) is 4.56. The highest BCUT2D eigenvalue weighted by Gasteiger charge is 1.94. The highest BCUT2D eigenvalue weighted by atomic mass is 35.5. The lowest BCUT2D eigenvalue weighted by Gasteiger charge is -1.95. The number of pyridine rings is 1. The largest absolute Gasteiger partial charge is 0.463 e. The van der Waals surface area contributed by atoms with Gasteiger partial charge in [-0.25, -0.2) is 9.78 Å². The van der Waals surface area contributed by atoms with Crippen LogP contribution in [-0.4, -0.2) is 17.6 Å². The van der Waals surface area contributed by atoms with E-state index in [1.54, 1.807) is 31.3 Å². The third kappa shape index (κ3) is 3.58. The van der Waals surface area contributed by atoms with Crippen molar-refractivity contribution in [1.82, 2.24) is 4.98 Å². The molecule has 0 atom stereocenters. The van der Waals surface area contributed by atoms with Gasteiger partial charge in [0.2, 0.25) is 0 Å². The summed E-state index contributed by atoms with van der Waals surface area (Å²) in [6, 6.07) is 3.43. The lowest BCUT2D eigenvalue weighted by atomic mass is 10.2. The van der Waals surface area contributed by atoms with Crippen LogP contribution < -0.4 is 0 Å². The van der Waals surface area contributed by atoms with Crippen LogP contribution in [0.4, 0.5) is 0 Å². The molecule has 14 heavy (non-hydrogen) atoms. The zero-order chi connectivity index (χ0) is 10.4. The average molecular weight is 212 g/mol. The predicted molar refractivity (Wildman–Crippen MR) is 54.9 cm³/mol. The van der Waals surface area contributed by atoms with Crippen LogP contribution in [-0.2, 0) is 9.53 Å². The Morgan fingerprint density at radius 2 is 2.43 bits per heavy atom. The number of carbonyl (C=O) groups is 1. The molecule has 0 aliphatic carbocycles. The SMILES string of the molecule is CCOC(=O)/C=C/c1ccc(Cl)nc1. The number of nitrogens with zero attached hydrogens (tertiary/aromatic N) is 1. The standard InChI is InChI=1S/C10H10ClNO2/c1-2-14-10(13)6-4-8-3-5-9(11)12-7-8/h3-7H,2H2,1H3/b6-4+. The minimum Gasteiger partial charge on any atom is -0.463 e. The third-order valence-corrected chi connectivity index (χ3v) is 1.67. The number of esters is 1. The van der Waals surface area contributed by atoms with Crippen LogP contribution >= 0.6 is 11.6 Å². The molecule has 0 saturated heterocycles. The lowest BCUT2D eigenvalue weighted by molar-refractivity contribution is -0.137. The zero-order valence-corrected chi connectivity index (χ0v) is 8.49. The summed E-state index contributed by atoms with van der Waals surface area (Å²) in [5.41, 5.74) is 0.808. The van der Waals surface area contributed by atoms with Crippen LogP contribution in [0.3, 0.4) is 0 Å². The highest BCUT2D eigenvalue weighted by Crippen LogP contribution is 2.06. The summed E-state index contributed by atoms with van der Waals surface area (Å²) in [6.45, 7) is 2.14. The fourth-order valence-electron chi connectivity index (χ4n) is 0.840. The third-order valence-electron chi connectivity index (χ3n) is 1.45. The van der Waals surface area contributed by atoms with Crippen molar-refractivity contribution in [1.29, 1.82) is 0 Å². The van der Waals surface area contributed by atoms with Crippen molar-refractivity contribution in [2.45, 2.75) is 6.92 Å². The van der Waals surface area contributed by atoms with Crippen molar-refractivity contribution >= 4 is 23.6 Å². The minimum atomic E-state index is -0.359. The molecule has 0 saturated carbocycles. The van der Waals surface area contributed by atoms with E-state index in [-0.39, 0.29) is 5.97 Å². The van der Waals surface area contributed by atoms with Gasteiger partial charge in [-0.3, -0.25) is 0 Å². The summed E-state index contributed by atoms with van der Waals surface area (Å²) >= 11 is 5.60. The van der Waals surface area contributed by atoms with Crippen LogP contribution in [0.2, 0.25) is 5.15 Å². The van der Waals surface area contributed by atoms with Crippen molar-refractivity contribution in [3.05, 3.63) is 35.1 Å². The van der Waals surface area contributed by atoms with Crippen molar-refractivity contribution in [3.63, 3.8) is 0 Å². The van der Waals surface area contributed by atoms with E-state index in [4.69, 9.17) is 16.3 Å². The van der Waals surface area contributed by atoms with E-state index in [9.17, 15) is 4.79 Å². The number of hydrogen-bond acceptors (Lipinski definition) is 3. The number of ether oxygens (including phenoxy) is 1. The Bertz CT molecular complexity index is 332. The van der Waals surface area contributed by atoms with Crippen molar-refractivity contribution < 1.29 is 9.53 Å². The molecule has 1 heterocycles. The number of carbonyl (C=O) groups excluding carboxylic acids is 1. The summed E-state index contributed by atoms with van der Waals surface area (Å²) in [5, 5.41) is 0.429. The van der Waals surface area contributed by atoms with E-state index < -0.39 is 0 Å². The Morgan fingerprint density at radius 1 is 1.64 bits per heavy atom. The first-order valence-electron chi connectivity index (χ1n) is 4.18. The molecule has 0 bridgehead atoms. The second-order valence-corrected chi connectivity index (χ2v) is 2.89. The molecule has 1 rings (SSSR count). The van der Waals surface area contributed by atoms with Crippen molar-refractivity contribution in [2.24, 2.45) is 0 Å². The van der Waals surface area contributed by atoms with Gasteiger partial charge in [0.25, 0.3) is 0 Å². The second-order valence-electron chi connectivity index (χ2n) is 2.50. The molecule has 1 aromatic rings. The van der Waals surface area contributed by atoms with Gasteiger partial charge in [0.15, 0.2) is 0 Å². The molecule has 1 aromatic heterocycles. The summed E-state index contributed by atoms with van der Waals surface area (Å²) < 4.78 is 4.72. The van der Waals surface area contributed by atoms with Gasteiger partial charge in [0, 0.05) is 12.3 Å². The molecule has 4 heteroatoms. The first kappa shape index (κ1) is 10.7. The van der Waals surface area contributed by atoms with Crippen LogP contribution in [0.15, 0.2) is 24.4 Å². The normalized spacial score (nSPS) is 10.4. The zero-order valence-electron chi connectivity index (χ0n) is 7.74. The van der Waals surface area contributed by atoms with Gasteiger partial charge in [-0.1, -0.05) is 17.7 Å². The minimum absolute atomic E-state index is 0.359. The number of aromatic nitrogens is 1. The molecule has 0 fully saturated rings. The van der Waals surface area contributed by atoms with Crippen LogP contribution in [0.5, 0.6) is 0 Å². The van der Waals surface area contributed by atoms with Crippen LogP contribution in [0.1, 0.15) is 12.5 Å². The first-order chi connectivity index (χ1) is 6.72. The Morgan fingerprint density at radius 3 is 3.00 bits per heavy atom. The van der Waals surface area contributed by atoms with Gasteiger partial charge in [-0.05, 0) is 24.6 Å². The highest BCUT2D eigenvalue weighted by molar-refractivity contribution is 6.29. The van der Waals surface area contributed by atoms with Crippen molar-refractivity contribution in [2.75, 3.05) is 6.61 Å². The predicted octanol–water partition coefficient (Wildman–Crippen LogP) is 2.31. The maximum atomic E-state index is 10.9. The molecule has 0 radical (unpaired) electrons. The fourth-order valence-corrected chi connectivity index (χ4v) is 0.952. The molecule has 0 aliphatic heterocycles. The van der Waals surface area contributed by atoms with Gasteiger partial charge in [0.05, 0.1) is 6.61 Å². The van der Waals surface area contributed by atoms with E-state index >= 15 is 0 Å². The van der Waals surface area contributed by atoms with Gasteiger partial charge in [-0.2, -0.15) is 0 Å². The molecule has 0 aromatic carbocycles. The Labute approximate surface area is 87.4 Å². The molecule has 0 aliphatic rings.